The van der Waals surface area contributed by atoms with Crippen LogP contribution in [0.25, 0.3) is 0 Å². The molecule has 3 rings (SSSR count). The van der Waals surface area contributed by atoms with Crippen molar-refractivity contribution in [3.05, 3.63) is 30.1 Å². The molecule has 2 fully saturated rings. The van der Waals surface area contributed by atoms with Crippen molar-refractivity contribution in [2.24, 2.45) is 10.7 Å². The number of rotatable bonds is 4. The van der Waals surface area contributed by atoms with Crippen molar-refractivity contribution in [2.75, 3.05) is 56.5 Å². The van der Waals surface area contributed by atoms with Gasteiger partial charge in [0, 0.05) is 45.0 Å². The first-order chi connectivity index (χ1) is 12.0. The third-order valence-corrected chi connectivity index (χ3v) is 6.58. The number of hydrogen-bond acceptors (Lipinski definition) is 4. The van der Waals surface area contributed by atoms with Gasteiger partial charge in [-0.05, 0) is 30.7 Å². The number of nitrogens with zero attached hydrogens (tertiary/aromatic N) is 4. The minimum absolute atomic E-state index is 0. The molecule has 1 aromatic rings. The van der Waals surface area contributed by atoms with E-state index in [0.717, 1.165) is 31.9 Å². The lowest BCUT2D eigenvalue weighted by Gasteiger charge is -2.36. The van der Waals surface area contributed by atoms with Crippen LogP contribution in [0.4, 0.5) is 10.1 Å². The fourth-order valence-corrected chi connectivity index (χ4v) is 4.68. The SMILES string of the molecule is I.NC(=NCCN1CCCS1(=O)=O)N1CCN(c2ccc(F)cc2)CC1. The number of anilines is 1. The number of sulfonamides is 1. The number of guanidine groups is 1. The maximum Gasteiger partial charge on any atom is 0.214 e. The molecule has 0 saturated carbocycles. The minimum atomic E-state index is -3.07. The Balaban J connectivity index is 0.00000243. The van der Waals surface area contributed by atoms with Crippen molar-refractivity contribution < 1.29 is 12.8 Å². The van der Waals surface area contributed by atoms with Gasteiger partial charge in [-0.3, -0.25) is 4.99 Å². The molecule has 0 bridgehead atoms. The van der Waals surface area contributed by atoms with Gasteiger partial charge in [-0.1, -0.05) is 0 Å². The lowest BCUT2D eigenvalue weighted by molar-refractivity contribution is 0.379. The van der Waals surface area contributed by atoms with E-state index in [1.807, 2.05) is 4.90 Å². The van der Waals surface area contributed by atoms with Crippen LogP contribution in [0.3, 0.4) is 0 Å². The number of halogens is 2. The van der Waals surface area contributed by atoms with Gasteiger partial charge < -0.3 is 15.5 Å². The van der Waals surface area contributed by atoms with Crippen molar-refractivity contribution >= 4 is 45.6 Å². The molecule has 26 heavy (non-hydrogen) atoms. The zero-order valence-electron chi connectivity index (χ0n) is 14.6. The second-order valence-corrected chi connectivity index (χ2v) is 8.35. The molecule has 0 spiro atoms. The standard InChI is InChI=1S/C16H24FN5O2S.HI/c17-14-2-4-15(5-3-14)20-9-11-21(12-10-20)16(18)19-6-8-22-7-1-13-25(22,23)24;/h2-5H,1,6-13H2,(H2,18,19);1H. The van der Waals surface area contributed by atoms with Gasteiger partial charge in [-0.15, -0.1) is 24.0 Å². The summed E-state index contributed by atoms with van der Waals surface area (Å²) >= 11 is 0. The molecule has 0 amide bonds. The van der Waals surface area contributed by atoms with Crippen LogP contribution in [0.2, 0.25) is 0 Å². The van der Waals surface area contributed by atoms with Crippen LogP contribution in [0.5, 0.6) is 0 Å². The zero-order chi connectivity index (χ0) is 17.9. The summed E-state index contributed by atoms with van der Waals surface area (Å²) in [5.41, 5.74) is 7.04. The highest BCUT2D eigenvalue weighted by Gasteiger charge is 2.27. The molecule has 2 heterocycles. The van der Waals surface area contributed by atoms with Gasteiger partial charge in [0.1, 0.15) is 5.82 Å². The summed E-state index contributed by atoms with van der Waals surface area (Å²) in [6.45, 7) is 4.37. The molecule has 2 aliphatic rings. The second kappa shape index (κ2) is 9.18. The number of nitrogens with two attached hydrogens (primary N) is 1. The molecule has 0 aromatic heterocycles. The van der Waals surface area contributed by atoms with E-state index < -0.39 is 10.0 Å². The Morgan fingerprint density at radius 3 is 2.35 bits per heavy atom. The van der Waals surface area contributed by atoms with Gasteiger partial charge >= 0.3 is 0 Å². The topological polar surface area (TPSA) is 82.2 Å². The third kappa shape index (κ3) is 5.19. The third-order valence-electron chi connectivity index (χ3n) is 4.62. The maximum atomic E-state index is 13.0. The number of piperazine rings is 1. The molecule has 0 atom stereocenters. The van der Waals surface area contributed by atoms with Gasteiger partial charge in [-0.2, -0.15) is 0 Å². The van der Waals surface area contributed by atoms with Crippen LogP contribution < -0.4 is 10.6 Å². The molecular formula is C16H25FIN5O2S. The molecule has 0 radical (unpaired) electrons. The fraction of sp³-hybridized carbons (Fsp3) is 0.562. The van der Waals surface area contributed by atoms with Crippen molar-refractivity contribution in [1.29, 1.82) is 0 Å². The van der Waals surface area contributed by atoms with Crippen LogP contribution in [-0.4, -0.2) is 75.1 Å². The Morgan fingerprint density at radius 2 is 1.77 bits per heavy atom. The van der Waals surface area contributed by atoms with Gasteiger partial charge in [0.2, 0.25) is 10.0 Å². The first kappa shape index (κ1) is 21.2. The Hall–Kier alpha value is -1.14. The number of aliphatic imine (C=N–C) groups is 1. The predicted octanol–water partition coefficient (Wildman–Crippen LogP) is 0.916. The van der Waals surface area contributed by atoms with Crippen molar-refractivity contribution in [1.82, 2.24) is 9.21 Å². The number of benzene rings is 1. The van der Waals surface area contributed by atoms with E-state index in [0.29, 0.717) is 32.0 Å². The smallest absolute Gasteiger partial charge is 0.214 e. The molecule has 0 unspecified atom stereocenters. The van der Waals surface area contributed by atoms with E-state index in [1.54, 1.807) is 12.1 Å². The highest BCUT2D eigenvalue weighted by molar-refractivity contribution is 14.0. The average molecular weight is 497 g/mol. The van der Waals surface area contributed by atoms with Crippen molar-refractivity contribution in [3.63, 3.8) is 0 Å². The van der Waals surface area contributed by atoms with Gasteiger partial charge in [0.05, 0.1) is 12.3 Å². The van der Waals surface area contributed by atoms with Gasteiger partial charge in [-0.25, -0.2) is 17.1 Å². The van der Waals surface area contributed by atoms with E-state index in [2.05, 4.69) is 9.89 Å². The highest BCUT2D eigenvalue weighted by atomic mass is 127. The van der Waals surface area contributed by atoms with Crippen LogP contribution in [0, 0.1) is 5.82 Å². The van der Waals surface area contributed by atoms with E-state index in [-0.39, 0.29) is 35.5 Å². The van der Waals surface area contributed by atoms with Crippen LogP contribution in [-0.2, 0) is 10.0 Å². The molecule has 2 N–H and O–H groups in total. The summed E-state index contributed by atoms with van der Waals surface area (Å²) < 4.78 is 38.0. The second-order valence-electron chi connectivity index (χ2n) is 6.26. The summed E-state index contributed by atoms with van der Waals surface area (Å²) in [4.78, 5) is 8.51. The summed E-state index contributed by atoms with van der Waals surface area (Å²) in [5, 5.41) is 0. The van der Waals surface area contributed by atoms with E-state index in [4.69, 9.17) is 5.73 Å². The van der Waals surface area contributed by atoms with Gasteiger partial charge in [0.25, 0.3) is 0 Å². The molecule has 0 aliphatic carbocycles. The fourth-order valence-electron chi connectivity index (χ4n) is 3.16. The first-order valence-corrected chi connectivity index (χ1v) is 10.1. The average Bonchev–Trinajstić information content (AvgIpc) is 2.94. The maximum absolute atomic E-state index is 13.0. The van der Waals surface area contributed by atoms with E-state index in [1.165, 1.54) is 16.4 Å². The van der Waals surface area contributed by atoms with Crippen LogP contribution >= 0.6 is 24.0 Å². The first-order valence-electron chi connectivity index (χ1n) is 8.49. The lowest BCUT2D eigenvalue weighted by atomic mass is 10.2. The predicted molar refractivity (Wildman–Crippen MR) is 112 cm³/mol. The Morgan fingerprint density at radius 1 is 1.12 bits per heavy atom. The van der Waals surface area contributed by atoms with Crippen LogP contribution in [0.15, 0.2) is 29.3 Å². The van der Waals surface area contributed by atoms with Gasteiger partial charge in [0.15, 0.2) is 5.96 Å². The van der Waals surface area contributed by atoms with Crippen LogP contribution in [0.1, 0.15) is 6.42 Å². The Labute approximate surface area is 171 Å². The molecular weight excluding hydrogens is 472 g/mol. The molecule has 2 aliphatic heterocycles. The zero-order valence-corrected chi connectivity index (χ0v) is 17.7. The molecule has 2 saturated heterocycles. The van der Waals surface area contributed by atoms with Crippen molar-refractivity contribution in [3.8, 4) is 0 Å². The molecule has 10 heteroatoms. The highest BCUT2D eigenvalue weighted by Crippen LogP contribution is 2.17. The summed E-state index contributed by atoms with van der Waals surface area (Å²) in [5.74, 6) is 0.450. The van der Waals surface area contributed by atoms with Crippen molar-refractivity contribution in [2.45, 2.75) is 6.42 Å². The van der Waals surface area contributed by atoms with E-state index in [9.17, 15) is 12.8 Å². The summed E-state index contributed by atoms with van der Waals surface area (Å²) in [6, 6.07) is 6.48. The quantitative estimate of drug-likeness (QED) is 0.380. The Bertz CT molecular complexity index is 721. The summed E-state index contributed by atoms with van der Waals surface area (Å²) in [7, 11) is -3.07. The number of hydrogen-bond donors (Lipinski definition) is 1. The largest absolute Gasteiger partial charge is 0.370 e. The Kier molecular flexibility index (Phi) is 7.47. The lowest BCUT2D eigenvalue weighted by Crippen LogP contribution is -2.51. The minimum Gasteiger partial charge on any atom is -0.370 e. The molecule has 7 nitrogen and oxygen atoms in total. The normalized spacial score (nSPS) is 20.9. The molecule has 1 aromatic carbocycles. The van der Waals surface area contributed by atoms with E-state index >= 15 is 0 Å². The summed E-state index contributed by atoms with van der Waals surface area (Å²) in [6.07, 6.45) is 0.687. The molecule has 146 valence electrons. The monoisotopic (exact) mass is 497 g/mol.